The van der Waals surface area contributed by atoms with Crippen molar-refractivity contribution < 1.29 is 18.7 Å². The lowest BCUT2D eigenvalue weighted by molar-refractivity contribution is -0.0875. The van der Waals surface area contributed by atoms with Crippen molar-refractivity contribution in [2.45, 2.75) is 57.0 Å². The van der Waals surface area contributed by atoms with Gasteiger partial charge in [0.2, 0.25) is 5.92 Å². The number of hydrogen-bond donors (Lipinski definition) is 1. The SMILES string of the molecule is O=C(c1ccccc1)N1CCC[C@@]2(CN(CC3CCC(F)(F)CC3)CC[C@H]2O)C1. The van der Waals surface area contributed by atoms with E-state index in [2.05, 4.69) is 4.90 Å². The Hall–Kier alpha value is -1.53. The maximum absolute atomic E-state index is 13.5. The van der Waals surface area contributed by atoms with Gasteiger partial charge < -0.3 is 14.9 Å². The summed E-state index contributed by atoms with van der Waals surface area (Å²) in [5.74, 6) is -2.15. The van der Waals surface area contributed by atoms with Gasteiger partial charge in [-0.3, -0.25) is 4.79 Å². The van der Waals surface area contributed by atoms with Crippen LogP contribution in [0.25, 0.3) is 0 Å². The fourth-order valence-electron chi connectivity index (χ4n) is 5.54. The first-order valence-corrected chi connectivity index (χ1v) is 11.0. The van der Waals surface area contributed by atoms with E-state index in [1.165, 1.54) is 0 Å². The van der Waals surface area contributed by atoms with Crippen LogP contribution >= 0.6 is 0 Å². The standard InChI is InChI=1S/C23H32F2N2O2/c24-23(25)11-7-18(8-12-23)15-26-14-9-20(28)22(16-26)10-4-13-27(17-22)21(29)19-5-2-1-3-6-19/h1-3,5-6,18,20,28H,4,7-17H2/t20-,22-/m1/s1. The Kier molecular flexibility index (Phi) is 5.94. The zero-order chi connectivity index (χ0) is 20.5. The molecule has 4 rings (SSSR count). The lowest BCUT2D eigenvalue weighted by Crippen LogP contribution is -2.60. The van der Waals surface area contributed by atoms with Crippen LogP contribution in [0.15, 0.2) is 30.3 Å². The molecule has 2 saturated heterocycles. The molecule has 1 saturated carbocycles. The molecule has 1 aromatic rings. The minimum absolute atomic E-state index is 0.00136. The summed E-state index contributed by atoms with van der Waals surface area (Å²) in [6, 6.07) is 9.33. The molecule has 2 heterocycles. The summed E-state index contributed by atoms with van der Waals surface area (Å²) >= 11 is 0. The first-order valence-electron chi connectivity index (χ1n) is 11.0. The number of aliphatic hydroxyl groups is 1. The van der Waals surface area contributed by atoms with Gasteiger partial charge in [0.15, 0.2) is 0 Å². The van der Waals surface area contributed by atoms with Gasteiger partial charge in [0.1, 0.15) is 0 Å². The van der Waals surface area contributed by atoms with Crippen molar-refractivity contribution in [1.82, 2.24) is 9.80 Å². The molecule has 29 heavy (non-hydrogen) atoms. The van der Waals surface area contributed by atoms with Gasteiger partial charge >= 0.3 is 0 Å². The molecule has 1 N–H and O–H groups in total. The van der Waals surface area contributed by atoms with Crippen LogP contribution in [0, 0.1) is 11.3 Å². The van der Waals surface area contributed by atoms with E-state index in [0.29, 0.717) is 37.3 Å². The van der Waals surface area contributed by atoms with E-state index < -0.39 is 12.0 Å². The summed E-state index contributed by atoms with van der Waals surface area (Å²) in [7, 11) is 0. The lowest BCUT2D eigenvalue weighted by atomic mass is 9.71. The number of nitrogens with zero attached hydrogens (tertiary/aromatic N) is 2. The third kappa shape index (κ3) is 4.64. The van der Waals surface area contributed by atoms with Crippen LogP contribution < -0.4 is 0 Å². The summed E-state index contributed by atoms with van der Waals surface area (Å²) in [6.45, 7) is 3.68. The molecular formula is C23H32F2N2O2. The highest BCUT2D eigenvalue weighted by Crippen LogP contribution is 2.41. The number of rotatable bonds is 3. The zero-order valence-electron chi connectivity index (χ0n) is 17.0. The Labute approximate surface area is 171 Å². The number of hydrogen-bond acceptors (Lipinski definition) is 3. The lowest BCUT2D eigenvalue weighted by Gasteiger charge is -2.51. The van der Waals surface area contributed by atoms with E-state index in [1.54, 1.807) is 0 Å². The number of aliphatic hydroxyl groups excluding tert-OH is 1. The number of amides is 1. The van der Waals surface area contributed by atoms with Gasteiger partial charge in [0.05, 0.1) is 6.10 Å². The summed E-state index contributed by atoms with van der Waals surface area (Å²) in [6.07, 6.45) is 3.23. The monoisotopic (exact) mass is 406 g/mol. The van der Waals surface area contributed by atoms with E-state index in [9.17, 15) is 18.7 Å². The van der Waals surface area contributed by atoms with E-state index in [0.717, 1.165) is 39.0 Å². The topological polar surface area (TPSA) is 43.8 Å². The third-order valence-corrected chi connectivity index (χ3v) is 7.23. The number of carbonyl (C=O) groups is 1. The predicted octanol–water partition coefficient (Wildman–Crippen LogP) is 3.80. The highest BCUT2D eigenvalue weighted by atomic mass is 19.3. The van der Waals surface area contributed by atoms with Crippen molar-refractivity contribution in [3.8, 4) is 0 Å². The fourth-order valence-corrected chi connectivity index (χ4v) is 5.54. The maximum Gasteiger partial charge on any atom is 0.253 e. The van der Waals surface area contributed by atoms with Crippen molar-refractivity contribution in [3.63, 3.8) is 0 Å². The second-order valence-corrected chi connectivity index (χ2v) is 9.40. The van der Waals surface area contributed by atoms with Crippen molar-refractivity contribution in [2.75, 3.05) is 32.7 Å². The predicted molar refractivity (Wildman–Crippen MR) is 108 cm³/mol. The molecule has 0 aromatic heterocycles. The van der Waals surface area contributed by atoms with Gasteiger partial charge in [-0.05, 0) is 50.2 Å². The minimum Gasteiger partial charge on any atom is -0.392 e. The summed E-state index contributed by atoms with van der Waals surface area (Å²) in [5, 5.41) is 10.9. The quantitative estimate of drug-likeness (QED) is 0.830. The van der Waals surface area contributed by atoms with Crippen LogP contribution in [0.5, 0.6) is 0 Å². The van der Waals surface area contributed by atoms with E-state index in [-0.39, 0.29) is 24.2 Å². The molecule has 2 atom stereocenters. The smallest absolute Gasteiger partial charge is 0.253 e. The fraction of sp³-hybridized carbons (Fsp3) is 0.696. The highest BCUT2D eigenvalue weighted by molar-refractivity contribution is 5.94. The van der Waals surface area contributed by atoms with Gasteiger partial charge in [-0.1, -0.05) is 18.2 Å². The third-order valence-electron chi connectivity index (χ3n) is 7.23. The van der Waals surface area contributed by atoms with Crippen molar-refractivity contribution in [2.24, 2.45) is 11.3 Å². The highest BCUT2D eigenvalue weighted by Gasteiger charge is 2.47. The largest absolute Gasteiger partial charge is 0.392 e. The van der Waals surface area contributed by atoms with Gasteiger partial charge in [-0.2, -0.15) is 0 Å². The zero-order valence-corrected chi connectivity index (χ0v) is 17.0. The Bertz CT molecular complexity index is 704. The Morgan fingerprint density at radius 2 is 1.76 bits per heavy atom. The van der Waals surface area contributed by atoms with Crippen LogP contribution in [0.4, 0.5) is 8.78 Å². The van der Waals surface area contributed by atoms with Crippen LogP contribution in [0.2, 0.25) is 0 Å². The number of benzene rings is 1. The number of likely N-dealkylation sites (tertiary alicyclic amines) is 2. The number of piperidine rings is 2. The molecule has 0 unspecified atom stereocenters. The number of alkyl halides is 2. The average Bonchev–Trinajstić information content (AvgIpc) is 2.73. The summed E-state index contributed by atoms with van der Waals surface area (Å²) < 4.78 is 26.9. The average molecular weight is 407 g/mol. The summed E-state index contributed by atoms with van der Waals surface area (Å²) in [4.78, 5) is 17.2. The van der Waals surface area contributed by atoms with Crippen molar-refractivity contribution >= 4 is 5.91 Å². The van der Waals surface area contributed by atoms with Crippen LogP contribution in [0.1, 0.15) is 55.3 Å². The molecule has 3 fully saturated rings. The first-order chi connectivity index (χ1) is 13.9. The second kappa shape index (κ2) is 8.31. The summed E-state index contributed by atoms with van der Waals surface area (Å²) in [5.41, 5.74) is 0.384. The second-order valence-electron chi connectivity index (χ2n) is 9.40. The van der Waals surface area contributed by atoms with Gasteiger partial charge in [-0.25, -0.2) is 8.78 Å². The van der Waals surface area contributed by atoms with Crippen LogP contribution in [0.3, 0.4) is 0 Å². The Morgan fingerprint density at radius 1 is 1.03 bits per heavy atom. The Morgan fingerprint density at radius 3 is 2.48 bits per heavy atom. The molecule has 2 aliphatic heterocycles. The van der Waals surface area contributed by atoms with Gasteiger partial charge in [-0.15, -0.1) is 0 Å². The van der Waals surface area contributed by atoms with Crippen molar-refractivity contribution in [3.05, 3.63) is 35.9 Å². The van der Waals surface area contributed by atoms with Gasteiger partial charge in [0, 0.05) is 56.5 Å². The molecule has 3 aliphatic rings. The van der Waals surface area contributed by atoms with E-state index in [1.807, 2.05) is 35.2 Å². The molecule has 1 spiro atoms. The normalized spacial score (nSPS) is 31.1. The van der Waals surface area contributed by atoms with Crippen molar-refractivity contribution in [1.29, 1.82) is 0 Å². The molecule has 1 aromatic carbocycles. The molecule has 0 radical (unpaired) electrons. The van der Waals surface area contributed by atoms with Crippen LogP contribution in [-0.2, 0) is 0 Å². The number of carbonyl (C=O) groups excluding carboxylic acids is 1. The maximum atomic E-state index is 13.5. The molecular weight excluding hydrogens is 374 g/mol. The van der Waals surface area contributed by atoms with E-state index >= 15 is 0 Å². The van der Waals surface area contributed by atoms with Crippen LogP contribution in [-0.4, -0.2) is 65.6 Å². The molecule has 1 amide bonds. The van der Waals surface area contributed by atoms with Gasteiger partial charge in [0.25, 0.3) is 5.91 Å². The molecule has 160 valence electrons. The molecule has 0 bridgehead atoms. The number of halogens is 2. The minimum atomic E-state index is -2.49. The molecule has 4 nitrogen and oxygen atoms in total. The first kappa shape index (κ1) is 20.7. The molecule has 1 aliphatic carbocycles. The molecule has 6 heteroatoms. The van der Waals surface area contributed by atoms with E-state index in [4.69, 9.17) is 0 Å². The Balaban J connectivity index is 1.41.